The van der Waals surface area contributed by atoms with E-state index in [1.54, 1.807) is 34.9 Å². The molecule has 0 saturated heterocycles. The van der Waals surface area contributed by atoms with Crippen LogP contribution in [0.3, 0.4) is 0 Å². The van der Waals surface area contributed by atoms with Gasteiger partial charge in [-0.1, -0.05) is 12.1 Å². The van der Waals surface area contributed by atoms with Crippen molar-refractivity contribution < 1.29 is 32.6 Å². The minimum atomic E-state index is -4.82. The zero-order chi connectivity index (χ0) is 20.3. The van der Waals surface area contributed by atoms with E-state index >= 15 is 0 Å². The molecule has 146 valence electrons. The van der Waals surface area contributed by atoms with Gasteiger partial charge in [0.2, 0.25) is 5.91 Å². The van der Waals surface area contributed by atoms with Crippen molar-refractivity contribution in [1.29, 1.82) is 0 Å². The molecular formula is C17H23F3N2O4. The van der Waals surface area contributed by atoms with Crippen molar-refractivity contribution in [3.8, 4) is 5.75 Å². The van der Waals surface area contributed by atoms with Crippen LogP contribution in [0.4, 0.5) is 18.0 Å². The summed E-state index contributed by atoms with van der Waals surface area (Å²) in [5, 5.41) is 9.63. The maximum absolute atomic E-state index is 12.3. The summed E-state index contributed by atoms with van der Waals surface area (Å²) in [6, 6.07) is 3.99. The highest BCUT2D eigenvalue weighted by Crippen LogP contribution is 2.33. The molecule has 0 fully saturated rings. The summed E-state index contributed by atoms with van der Waals surface area (Å²) < 4.78 is 40.7. The molecule has 0 aliphatic rings. The second kappa shape index (κ2) is 7.84. The fourth-order valence-corrected chi connectivity index (χ4v) is 2.49. The highest BCUT2D eigenvalue weighted by molar-refractivity contribution is 5.77. The fraction of sp³-hybridized carbons (Fsp3) is 0.529. The first-order valence-corrected chi connectivity index (χ1v) is 7.80. The first-order chi connectivity index (χ1) is 11.7. The Labute approximate surface area is 150 Å². The number of carboxylic acid groups (broad SMARTS) is 1. The minimum absolute atomic E-state index is 0.143. The number of carbonyl (C=O) groups is 2. The lowest BCUT2D eigenvalue weighted by Gasteiger charge is -2.40. The first-order valence-electron chi connectivity index (χ1n) is 7.80. The molecular weight excluding hydrogens is 353 g/mol. The van der Waals surface area contributed by atoms with E-state index < -0.39 is 29.8 Å². The number of hydrogen-bond acceptors (Lipinski definition) is 3. The number of hydrogen-bond donors (Lipinski definition) is 1. The van der Waals surface area contributed by atoms with E-state index in [0.29, 0.717) is 5.56 Å². The topological polar surface area (TPSA) is 70.1 Å². The molecule has 0 heterocycles. The lowest BCUT2D eigenvalue weighted by molar-refractivity contribution is -0.274. The molecule has 26 heavy (non-hydrogen) atoms. The van der Waals surface area contributed by atoms with Crippen molar-refractivity contribution in [2.45, 2.75) is 45.1 Å². The molecule has 1 aromatic rings. The SMILES string of the molecule is CN(C)C(=O)CC(c1ccc(OC(F)(F)F)cc1)N(C(=O)O)C(C)(C)C. The van der Waals surface area contributed by atoms with Gasteiger partial charge < -0.3 is 14.7 Å². The Hall–Kier alpha value is -2.45. The predicted octanol–water partition coefficient (Wildman–Crippen LogP) is 3.88. The van der Waals surface area contributed by atoms with Gasteiger partial charge in [-0.15, -0.1) is 13.2 Å². The Morgan fingerprint density at radius 1 is 1.12 bits per heavy atom. The standard InChI is InChI=1S/C17H23F3N2O4/c1-16(2,3)22(15(24)25)13(10-14(23)21(4)5)11-6-8-12(9-7-11)26-17(18,19)20/h6-9,13H,10H2,1-5H3,(H,24,25). The van der Waals surface area contributed by atoms with E-state index in [-0.39, 0.29) is 12.3 Å². The summed E-state index contributed by atoms with van der Waals surface area (Å²) in [6.45, 7) is 5.03. The van der Waals surface area contributed by atoms with Crippen molar-refractivity contribution >= 4 is 12.0 Å². The van der Waals surface area contributed by atoms with Crippen molar-refractivity contribution in [3.63, 3.8) is 0 Å². The van der Waals surface area contributed by atoms with Crippen molar-refractivity contribution in [3.05, 3.63) is 29.8 Å². The molecule has 0 aliphatic heterocycles. The Bertz CT molecular complexity index is 637. The second-order valence-corrected chi connectivity index (χ2v) is 6.95. The highest BCUT2D eigenvalue weighted by Gasteiger charge is 2.36. The van der Waals surface area contributed by atoms with Crippen LogP contribution < -0.4 is 4.74 Å². The average Bonchev–Trinajstić information content (AvgIpc) is 2.43. The number of rotatable bonds is 5. The van der Waals surface area contributed by atoms with E-state index in [2.05, 4.69) is 4.74 Å². The Morgan fingerprint density at radius 3 is 1.96 bits per heavy atom. The zero-order valence-corrected chi connectivity index (χ0v) is 15.3. The van der Waals surface area contributed by atoms with Gasteiger partial charge in [-0.25, -0.2) is 4.79 Å². The number of ether oxygens (including phenoxy) is 1. The van der Waals surface area contributed by atoms with Crippen LogP contribution in [0, 0.1) is 0 Å². The highest BCUT2D eigenvalue weighted by atomic mass is 19.4. The molecule has 1 atom stereocenters. The molecule has 0 radical (unpaired) electrons. The molecule has 0 saturated carbocycles. The van der Waals surface area contributed by atoms with Gasteiger partial charge in [0.15, 0.2) is 0 Å². The summed E-state index contributed by atoms with van der Waals surface area (Å²) in [6.07, 6.45) is -6.19. The van der Waals surface area contributed by atoms with Crippen LogP contribution >= 0.6 is 0 Å². The summed E-state index contributed by atoms with van der Waals surface area (Å²) in [4.78, 5) is 26.4. The van der Waals surface area contributed by atoms with Gasteiger partial charge in [-0.2, -0.15) is 0 Å². The van der Waals surface area contributed by atoms with Crippen LogP contribution in [0.5, 0.6) is 5.75 Å². The predicted molar refractivity (Wildman–Crippen MR) is 88.8 cm³/mol. The number of alkyl halides is 3. The summed E-state index contributed by atoms with van der Waals surface area (Å²) in [5.41, 5.74) is -0.434. The molecule has 0 aromatic heterocycles. The lowest BCUT2D eigenvalue weighted by Crippen LogP contribution is -2.48. The monoisotopic (exact) mass is 376 g/mol. The number of carbonyl (C=O) groups excluding carboxylic acids is 1. The Balaban J connectivity index is 3.27. The smallest absolute Gasteiger partial charge is 0.465 e. The van der Waals surface area contributed by atoms with Crippen LogP contribution in [-0.2, 0) is 4.79 Å². The normalized spacial score (nSPS) is 13.1. The van der Waals surface area contributed by atoms with E-state index in [1.807, 2.05) is 0 Å². The van der Waals surface area contributed by atoms with Gasteiger partial charge in [0.25, 0.3) is 0 Å². The van der Waals surface area contributed by atoms with Crippen molar-refractivity contribution in [1.82, 2.24) is 9.80 Å². The van der Waals surface area contributed by atoms with Gasteiger partial charge in [0, 0.05) is 19.6 Å². The molecule has 0 spiro atoms. The van der Waals surface area contributed by atoms with Gasteiger partial charge in [-0.3, -0.25) is 9.69 Å². The Morgan fingerprint density at radius 2 is 1.62 bits per heavy atom. The molecule has 9 heteroatoms. The van der Waals surface area contributed by atoms with E-state index in [0.717, 1.165) is 17.0 Å². The molecule has 0 aliphatic carbocycles. The third-order valence-electron chi connectivity index (χ3n) is 3.61. The number of nitrogens with zero attached hydrogens (tertiary/aromatic N) is 2. The lowest BCUT2D eigenvalue weighted by atomic mass is 9.95. The maximum atomic E-state index is 12.3. The first kappa shape index (κ1) is 21.6. The van der Waals surface area contributed by atoms with Crippen molar-refractivity contribution in [2.24, 2.45) is 0 Å². The van der Waals surface area contributed by atoms with Crippen LogP contribution in [0.15, 0.2) is 24.3 Å². The van der Waals surface area contributed by atoms with Crippen LogP contribution in [0.1, 0.15) is 38.8 Å². The molecule has 1 rings (SSSR count). The van der Waals surface area contributed by atoms with Crippen LogP contribution in [0.25, 0.3) is 0 Å². The van der Waals surface area contributed by atoms with E-state index in [4.69, 9.17) is 0 Å². The summed E-state index contributed by atoms with van der Waals surface area (Å²) >= 11 is 0. The molecule has 6 nitrogen and oxygen atoms in total. The van der Waals surface area contributed by atoms with Gasteiger partial charge in [0.1, 0.15) is 5.75 Å². The Kier molecular flexibility index (Phi) is 6.51. The third-order valence-corrected chi connectivity index (χ3v) is 3.61. The molecule has 1 N–H and O–H groups in total. The van der Waals surface area contributed by atoms with E-state index in [1.165, 1.54) is 17.0 Å². The van der Waals surface area contributed by atoms with Gasteiger partial charge >= 0.3 is 12.5 Å². The summed E-state index contributed by atoms with van der Waals surface area (Å²) in [7, 11) is 3.09. The van der Waals surface area contributed by atoms with Crippen molar-refractivity contribution in [2.75, 3.05) is 14.1 Å². The molecule has 2 amide bonds. The molecule has 0 bridgehead atoms. The second-order valence-electron chi connectivity index (χ2n) is 6.95. The minimum Gasteiger partial charge on any atom is -0.465 e. The van der Waals surface area contributed by atoms with Gasteiger partial charge in [-0.05, 0) is 38.5 Å². The van der Waals surface area contributed by atoms with Gasteiger partial charge in [0.05, 0.1) is 12.5 Å². The van der Waals surface area contributed by atoms with E-state index in [9.17, 15) is 27.9 Å². The quantitative estimate of drug-likeness (QED) is 0.847. The largest absolute Gasteiger partial charge is 0.573 e. The number of benzene rings is 1. The van der Waals surface area contributed by atoms with Crippen LogP contribution in [0.2, 0.25) is 0 Å². The number of amides is 2. The molecule has 1 unspecified atom stereocenters. The summed E-state index contributed by atoms with van der Waals surface area (Å²) in [5.74, 6) is -0.724. The maximum Gasteiger partial charge on any atom is 0.573 e. The number of halogens is 3. The van der Waals surface area contributed by atoms with Crippen LogP contribution in [-0.4, -0.2) is 52.9 Å². The third kappa shape index (κ3) is 6.12. The average molecular weight is 376 g/mol. The zero-order valence-electron chi connectivity index (χ0n) is 15.3. The molecule has 1 aromatic carbocycles. The fourth-order valence-electron chi connectivity index (χ4n) is 2.49.